The van der Waals surface area contributed by atoms with E-state index in [0.29, 0.717) is 5.75 Å². The van der Waals surface area contributed by atoms with Crippen LogP contribution < -0.4 is 0 Å². The minimum Gasteiger partial charge on any atom is -0.293 e. The first-order valence-electron chi connectivity index (χ1n) is 8.28. The van der Waals surface area contributed by atoms with E-state index in [0.717, 1.165) is 40.5 Å². The number of ketones is 1. The third-order valence-corrected chi connectivity index (χ3v) is 6.49. The van der Waals surface area contributed by atoms with Gasteiger partial charge in [-0.2, -0.15) is 0 Å². The maximum Gasteiger partial charge on any atom is 0.173 e. The van der Waals surface area contributed by atoms with Crippen LogP contribution in [0.5, 0.6) is 0 Å². The predicted molar refractivity (Wildman–Crippen MR) is 100 cm³/mol. The fraction of sp³-hybridized carbons (Fsp3) is 0.316. The van der Waals surface area contributed by atoms with Gasteiger partial charge in [-0.05, 0) is 24.8 Å². The van der Waals surface area contributed by atoms with Crippen LogP contribution in [0.3, 0.4) is 0 Å². The largest absolute Gasteiger partial charge is 0.293 e. The van der Waals surface area contributed by atoms with E-state index in [1.807, 2.05) is 41.7 Å². The quantitative estimate of drug-likeness (QED) is 0.378. The molecule has 1 aromatic carbocycles. The zero-order valence-corrected chi connectivity index (χ0v) is 15.2. The van der Waals surface area contributed by atoms with Crippen LogP contribution in [0, 0.1) is 0 Å². The highest BCUT2D eigenvalue weighted by Gasteiger charge is 2.22. The average molecular weight is 355 g/mol. The van der Waals surface area contributed by atoms with Crippen molar-refractivity contribution in [3.8, 4) is 0 Å². The molecule has 2 aromatic heterocycles. The number of benzene rings is 1. The Bertz CT molecular complexity index is 903. The SMILES string of the molecule is CCc1nc(SCC(=O)c2ccccc2)c2c3c(sc2n1)CCC3. The summed E-state index contributed by atoms with van der Waals surface area (Å²) in [5.41, 5.74) is 2.19. The van der Waals surface area contributed by atoms with Crippen molar-refractivity contribution in [2.45, 2.75) is 37.6 Å². The van der Waals surface area contributed by atoms with Gasteiger partial charge in [0.2, 0.25) is 0 Å². The van der Waals surface area contributed by atoms with Gasteiger partial charge in [-0.15, -0.1) is 11.3 Å². The van der Waals surface area contributed by atoms with Gasteiger partial charge in [0.15, 0.2) is 5.78 Å². The van der Waals surface area contributed by atoms with Crippen LogP contribution in [0.15, 0.2) is 35.4 Å². The molecule has 24 heavy (non-hydrogen) atoms. The number of carbonyl (C=O) groups is 1. The molecule has 0 N–H and O–H groups in total. The highest BCUT2D eigenvalue weighted by Crippen LogP contribution is 2.40. The number of nitrogens with zero attached hydrogens (tertiary/aromatic N) is 2. The molecule has 4 rings (SSSR count). The second-order valence-electron chi connectivity index (χ2n) is 5.91. The van der Waals surface area contributed by atoms with Gasteiger partial charge in [0, 0.05) is 22.2 Å². The molecule has 1 aliphatic carbocycles. The van der Waals surface area contributed by atoms with Gasteiger partial charge >= 0.3 is 0 Å². The van der Waals surface area contributed by atoms with Crippen molar-refractivity contribution in [2.75, 3.05) is 5.75 Å². The number of rotatable bonds is 5. The maximum absolute atomic E-state index is 12.4. The highest BCUT2D eigenvalue weighted by atomic mass is 32.2. The standard InChI is InChI=1S/C19H18N2OS2/c1-2-16-20-18(23-11-14(22)12-7-4-3-5-8-12)17-13-9-6-10-15(13)24-19(17)21-16/h3-5,7-8H,2,6,9-11H2,1H3. The van der Waals surface area contributed by atoms with Crippen molar-refractivity contribution >= 4 is 39.1 Å². The molecule has 3 nitrogen and oxygen atoms in total. The van der Waals surface area contributed by atoms with Crippen molar-refractivity contribution in [1.29, 1.82) is 0 Å². The van der Waals surface area contributed by atoms with Crippen molar-refractivity contribution in [1.82, 2.24) is 9.97 Å². The van der Waals surface area contributed by atoms with E-state index in [4.69, 9.17) is 9.97 Å². The summed E-state index contributed by atoms with van der Waals surface area (Å²) in [6.45, 7) is 2.08. The molecule has 0 bridgehead atoms. The normalized spacial score (nSPS) is 13.4. The number of aryl methyl sites for hydroxylation is 3. The third kappa shape index (κ3) is 2.87. The molecule has 122 valence electrons. The number of carbonyl (C=O) groups excluding carboxylic acids is 1. The molecule has 0 spiro atoms. The first kappa shape index (κ1) is 15.8. The molecule has 0 unspecified atom stereocenters. The molecule has 0 atom stereocenters. The molecular formula is C19H18N2OS2. The summed E-state index contributed by atoms with van der Waals surface area (Å²) >= 11 is 3.37. The van der Waals surface area contributed by atoms with E-state index in [1.54, 1.807) is 11.8 Å². The Balaban J connectivity index is 1.67. The van der Waals surface area contributed by atoms with Gasteiger partial charge in [0.25, 0.3) is 0 Å². The van der Waals surface area contributed by atoms with Crippen LogP contribution in [-0.4, -0.2) is 21.5 Å². The Morgan fingerprint density at radius 3 is 2.83 bits per heavy atom. The molecule has 0 saturated heterocycles. The number of fused-ring (bicyclic) bond motifs is 3. The van der Waals surface area contributed by atoms with E-state index >= 15 is 0 Å². The van der Waals surface area contributed by atoms with Gasteiger partial charge in [0.05, 0.1) is 5.75 Å². The Morgan fingerprint density at radius 2 is 2.04 bits per heavy atom. The number of hydrogen-bond donors (Lipinski definition) is 0. The minimum absolute atomic E-state index is 0.150. The molecular weight excluding hydrogens is 336 g/mol. The van der Waals surface area contributed by atoms with E-state index in [1.165, 1.54) is 22.2 Å². The van der Waals surface area contributed by atoms with E-state index in [9.17, 15) is 4.79 Å². The Kier molecular flexibility index (Phi) is 4.37. The van der Waals surface area contributed by atoms with Crippen molar-refractivity contribution in [2.24, 2.45) is 0 Å². The lowest BCUT2D eigenvalue weighted by molar-refractivity contribution is 0.102. The topological polar surface area (TPSA) is 42.9 Å². The number of aromatic nitrogens is 2. The Hall–Kier alpha value is -1.72. The fourth-order valence-electron chi connectivity index (χ4n) is 3.11. The van der Waals surface area contributed by atoms with Crippen LogP contribution in [0.25, 0.3) is 10.2 Å². The van der Waals surface area contributed by atoms with Gasteiger partial charge in [-0.3, -0.25) is 4.79 Å². The summed E-state index contributed by atoms with van der Waals surface area (Å²) in [4.78, 5) is 24.4. The van der Waals surface area contributed by atoms with E-state index in [-0.39, 0.29) is 5.78 Å². The zero-order valence-electron chi connectivity index (χ0n) is 13.5. The van der Waals surface area contributed by atoms with Gasteiger partial charge in [0.1, 0.15) is 15.7 Å². The van der Waals surface area contributed by atoms with Crippen molar-refractivity contribution < 1.29 is 4.79 Å². The van der Waals surface area contributed by atoms with Crippen LogP contribution in [0.2, 0.25) is 0 Å². The molecule has 0 amide bonds. The second kappa shape index (κ2) is 6.65. The smallest absolute Gasteiger partial charge is 0.173 e. The van der Waals surface area contributed by atoms with Crippen LogP contribution in [0.4, 0.5) is 0 Å². The summed E-state index contributed by atoms with van der Waals surface area (Å²) in [5, 5.41) is 2.19. The summed E-state index contributed by atoms with van der Waals surface area (Å²) in [5.74, 6) is 1.44. The summed E-state index contributed by atoms with van der Waals surface area (Å²) in [6, 6.07) is 9.49. The lowest BCUT2D eigenvalue weighted by atomic mass is 10.2. The van der Waals surface area contributed by atoms with E-state index < -0.39 is 0 Å². The number of Topliss-reactive ketones (excluding diaryl/α,β-unsaturated/α-hetero) is 1. The monoisotopic (exact) mass is 354 g/mol. The lowest BCUT2D eigenvalue weighted by Crippen LogP contribution is -2.03. The molecule has 1 aliphatic rings. The van der Waals surface area contributed by atoms with Gasteiger partial charge in [-0.25, -0.2) is 9.97 Å². The second-order valence-corrected chi connectivity index (χ2v) is 7.96. The molecule has 0 fully saturated rings. The minimum atomic E-state index is 0.150. The van der Waals surface area contributed by atoms with Crippen molar-refractivity contribution in [3.63, 3.8) is 0 Å². The molecule has 0 saturated carbocycles. The highest BCUT2D eigenvalue weighted by molar-refractivity contribution is 8.00. The van der Waals surface area contributed by atoms with Crippen LogP contribution in [0.1, 0.15) is 40.0 Å². The lowest BCUT2D eigenvalue weighted by Gasteiger charge is -2.06. The van der Waals surface area contributed by atoms with E-state index in [2.05, 4.69) is 6.92 Å². The van der Waals surface area contributed by atoms with Gasteiger partial charge < -0.3 is 0 Å². The number of hydrogen-bond acceptors (Lipinski definition) is 5. The molecule has 3 aromatic rings. The summed E-state index contributed by atoms with van der Waals surface area (Å²) in [6.07, 6.45) is 4.31. The Morgan fingerprint density at radius 1 is 1.21 bits per heavy atom. The summed E-state index contributed by atoms with van der Waals surface area (Å²) < 4.78 is 0. The third-order valence-electron chi connectivity index (χ3n) is 4.33. The molecule has 5 heteroatoms. The summed E-state index contributed by atoms with van der Waals surface area (Å²) in [7, 11) is 0. The fourth-order valence-corrected chi connectivity index (χ4v) is 5.42. The number of thiophene rings is 1. The molecule has 2 heterocycles. The van der Waals surface area contributed by atoms with Crippen molar-refractivity contribution in [3.05, 3.63) is 52.2 Å². The van der Waals surface area contributed by atoms with Crippen LogP contribution in [-0.2, 0) is 19.3 Å². The van der Waals surface area contributed by atoms with Gasteiger partial charge in [-0.1, -0.05) is 49.0 Å². The molecule has 0 aliphatic heterocycles. The first-order chi connectivity index (χ1) is 11.8. The first-order valence-corrected chi connectivity index (χ1v) is 10.1. The predicted octanol–water partition coefficient (Wildman–Crippen LogP) is 4.72. The average Bonchev–Trinajstić information content (AvgIpc) is 3.20. The zero-order chi connectivity index (χ0) is 16.5. The van der Waals surface area contributed by atoms with Crippen LogP contribution >= 0.6 is 23.1 Å². The molecule has 0 radical (unpaired) electrons. The maximum atomic E-state index is 12.4. The Labute approximate surface area is 149 Å². The number of thioether (sulfide) groups is 1.